The number of fused-ring (bicyclic) bond motifs is 1. The molecule has 1 saturated heterocycles. The van der Waals surface area contributed by atoms with Crippen molar-refractivity contribution >= 4 is 6.08 Å². The zero-order valence-corrected chi connectivity index (χ0v) is 16.2. The van der Waals surface area contributed by atoms with Crippen LogP contribution >= 0.6 is 0 Å². The summed E-state index contributed by atoms with van der Waals surface area (Å²) in [6.07, 6.45) is 12.0. The summed E-state index contributed by atoms with van der Waals surface area (Å²) in [5.74, 6) is 2.87. The molecular formula is C21H33N3O2. The highest BCUT2D eigenvalue weighted by Gasteiger charge is 2.34. The highest BCUT2D eigenvalue weighted by atomic mass is 16.5. The monoisotopic (exact) mass is 359 g/mol. The molecule has 2 heterocycles. The normalized spacial score (nSPS) is 26.4. The van der Waals surface area contributed by atoms with Crippen molar-refractivity contribution in [3.8, 4) is 0 Å². The Hall–Kier alpha value is -1.17. The van der Waals surface area contributed by atoms with E-state index in [4.69, 9.17) is 9.26 Å². The van der Waals surface area contributed by atoms with Crippen LogP contribution in [0.5, 0.6) is 0 Å². The molecule has 1 N–H and O–H groups in total. The fourth-order valence-electron chi connectivity index (χ4n) is 4.24. The number of hydrogen-bond donors (Lipinski definition) is 1. The van der Waals surface area contributed by atoms with Gasteiger partial charge in [0.2, 0.25) is 0 Å². The van der Waals surface area contributed by atoms with Gasteiger partial charge < -0.3 is 19.5 Å². The zero-order chi connectivity index (χ0) is 17.9. The summed E-state index contributed by atoms with van der Waals surface area (Å²) in [7, 11) is 4.23. The van der Waals surface area contributed by atoms with E-state index in [-0.39, 0.29) is 12.0 Å². The van der Waals surface area contributed by atoms with E-state index in [0.29, 0.717) is 0 Å². The van der Waals surface area contributed by atoms with Crippen LogP contribution < -0.4 is 5.32 Å². The van der Waals surface area contributed by atoms with Gasteiger partial charge in [-0.2, -0.15) is 0 Å². The summed E-state index contributed by atoms with van der Waals surface area (Å²) >= 11 is 0. The first-order valence-electron chi connectivity index (χ1n) is 10.3. The Labute approximate surface area is 157 Å². The molecule has 2 aliphatic carbocycles. The third-order valence-electron chi connectivity index (χ3n) is 6.05. The Morgan fingerprint density at radius 1 is 1.19 bits per heavy atom. The van der Waals surface area contributed by atoms with Gasteiger partial charge in [0.25, 0.3) is 0 Å². The van der Waals surface area contributed by atoms with Crippen molar-refractivity contribution in [3.05, 3.63) is 23.1 Å². The van der Waals surface area contributed by atoms with Crippen molar-refractivity contribution in [2.75, 3.05) is 40.3 Å². The number of aromatic nitrogens is 1. The Morgan fingerprint density at radius 3 is 2.73 bits per heavy atom. The van der Waals surface area contributed by atoms with Crippen molar-refractivity contribution < 1.29 is 9.26 Å². The molecule has 1 aromatic heterocycles. The predicted octanol–water partition coefficient (Wildman–Crippen LogP) is 3.07. The lowest BCUT2D eigenvalue weighted by atomic mass is 9.87. The number of nitrogens with zero attached hydrogens (tertiary/aromatic N) is 2. The summed E-state index contributed by atoms with van der Waals surface area (Å²) in [4.78, 5) is 2.22. The third kappa shape index (κ3) is 4.38. The fourth-order valence-corrected chi connectivity index (χ4v) is 4.24. The highest BCUT2D eigenvalue weighted by molar-refractivity contribution is 5.58. The van der Waals surface area contributed by atoms with Gasteiger partial charge >= 0.3 is 0 Å². The van der Waals surface area contributed by atoms with Crippen molar-refractivity contribution in [3.63, 3.8) is 0 Å². The van der Waals surface area contributed by atoms with Crippen LogP contribution in [0.15, 0.2) is 10.6 Å². The van der Waals surface area contributed by atoms with Crippen LogP contribution in [-0.4, -0.2) is 56.5 Å². The fraction of sp³-hybridized carbons (Fsp3) is 0.762. The Morgan fingerprint density at radius 2 is 2.00 bits per heavy atom. The van der Waals surface area contributed by atoms with Crippen LogP contribution in [-0.2, 0) is 11.2 Å². The SMILES string of the molecule is CN(C)CC1c2onc(CCC3CCNCC3)c2C=CC1OCC1CC1. The summed E-state index contributed by atoms with van der Waals surface area (Å²) in [6, 6.07) is 0. The van der Waals surface area contributed by atoms with E-state index < -0.39 is 0 Å². The molecule has 2 atom stereocenters. The van der Waals surface area contributed by atoms with E-state index in [1.165, 1.54) is 37.7 Å². The van der Waals surface area contributed by atoms with Gasteiger partial charge in [-0.05, 0) is 77.5 Å². The summed E-state index contributed by atoms with van der Waals surface area (Å²) < 4.78 is 12.1. The molecule has 0 radical (unpaired) electrons. The van der Waals surface area contributed by atoms with E-state index in [0.717, 1.165) is 56.0 Å². The average Bonchev–Trinajstić information content (AvgIpc) is 3.38. The molecule has 1 aromatic rings. The maximum absolute atomic E-state index is 6.23. The Kier molecular flexibility index (Phi) is 5.77. The van der Waals surface area contributed by atoms with Gasteiger partial charge in [0.15, 0.2) is 5.76 Å². The van der Waals surface area contributed by atoms with Crippen LogP contribution in [0.25, 0.3) is 6.08 Å². The van der Waals surface area contributed by atoms with Gasteiger partial charge in [-0.15, -0.1) is 0 Å². The first-order chi connectivity index (χ1) is 12.7. The Balaban J connectivity index is 1.44. The lowest BCUT2D eigenvalue weighted by molar-refractivity contribution is 0.0450. The summed E-state index contributed by atoms with van der Waals surface area (Å²) in [6.45, 7) is 4.12. The number of hydrogen-bond acceptors (Lipinski definition) is 5. The number of ether oxygens (including phenoxy) is 1. The van der Waals surface area contributed by atoms with Gasteiger partial charge in [-0.25, -0.2) is 0 Å². The zero-order valence-electron chi connectivity index (χ0n) is 16.2. The molecule has 4 rings (SSSR count). The van der Waals surface area contributed by atoms with Gasteiger partial charge in [0.1, 0.15) is 0 Å². The van der Waals surface area contributed by atoms with Crippen molar-refractivity contribution in [1.82, 2.24) is 15.4 Å². The molecule has 5 nitrogen and oxygen atoms in total. The third-order valence-corrected chi connectivity index (χ3v) is 6.05. The van der Waals surface area contributed by atoms with Crippen LogP contribution in [0, 0.1) is 11.8 Å². The average molecular weight is 360 g/mol. The molecule has 0 amide bonds. The van der Waals surface area contributed by atoms with Gasteiger partial charge in [0.05, 0.1) is 24.3 Å². The second kappa shape index (κ2) is 8.24. The summed E-state index contributed by atoms with van der Waals surface area (Å²) in [5.41, 5.74) is 2.36. The molecule has 3 aliphatic rings. The standard InChI is InChI=1S/C21H33N3O2/c1-24(2)13-18-20(25-14-16-3-4-16)8-6-17-19(23-26-21(17)18)7-5-15-9-11-22-12-10-15/h6,8,15-16,18,20,22H,3-5,7,9-14H2,1-2H3. The second-order valence-corrected chi connectivity index (χ2v) is 8.61. The second-order valence-electron chi connectivity index (χ2n) is 8.61. The first-order valence-corrected chi connectivity index (χ1v) is 10.3. The van der Waals surface area contributed by atoms with Crippen molar-refractivity contribution in [1.29, 1.82) is 0 Å². The largest absolute Gasteiger partial charge is 0.373 e. The molecule has 2 fully saturated rings. The first kappa shape index (κ1) is 18.2. The van der Waals surface area contributed by atoms with E-state index in [9.17, 15) is 0 Å². The lowest BCUT2D eigenvalue weighted by Crippen LogP contribution is -2.32. The van der Waals surface area contributed by atoms with Gasteiger partial charge in [-0.1, -0.05) is 17.3 Å². The molecule has 2 unspecified atom stereocenters. The number of nitrogens with one attached hydrogen (secondary N) is 1. The molecule has 5 heteroatoms. The minimum absolute atomic E-state index is 0.107. The smallest absolute Gasteiger partial charge is 0.151 e. The molecule has 26 heavy (non-hydrogen) atoms. The van der Waals surface area contributed by atoms with Crippen LogP contribution in [0.2, 0.25) is 0 Å². The van der Waals surface area contributed by atoms with Crippen LogP contribution in [0.4, 0.5) is 0 Å². The molecule has 0 bridgehead atoms. The molecular weight excluding hydrogens is 326 g/mol. The Bertz CT molecular complexity index is 615. The van der Waals surface area contributed by atoms with E-state index in [2.05, 4.69) is 41.6 Å². The van der Waals surface area contributed by atoms with Gasteiger partial charge in [-0.3, -0.25) is 0 Å². The molecule has 0 spiro atoms. The van der Waals surface area contributed by atoms with Crippen molar-refractivity contribution in [2.45, 2.75) is 50.5 Å². The lowest BCUT2D eigenvalue weighted by Gasteiger charge is -2.28. The molecule has 1 saturated carbocycles. The van der Waals surface area contributed by atoms with E-state index in [1.807, 2.05) is 0 Å². The minimum atomic E-state index is 0.107. The van der Waals surface area contributed by atoms with E-state index in [1.54, 1.807) is 0 Å². The number of piperidine rings is 1. The van der Waals surface area contributed by atoms with E-state index >= 15 is 0 Å². The van der Waals surface area contributed by atoms with Crippen LogP contribution in [0.3, 0.4) is 0 Å². The molecule has 144 valence electrons. The number of aryl methyl sites for hydroxylation is 1. The summed E-state index contributed by atoms with van der Waals surface area (Å²) in [5, 5.41) is 7.91. The number of rotatable bonds is 8. The maximum atomic E-state index is 6.23. The van der Waals surface area contributed by atoms with Crippen LogP contribution in [0.1, 0.15) is 55.0 Å². The van der Waals surface area contributed by atoms with Gasteiger partial charge in [0, 0.05) is 12.1 Å². The van der Waals surface area contributed by atoms with Crippen molar-refractivity contribution in [2.24, 2.45) is 11.8 Å². The molecule has 1 aliphatic heterocycles. The minimum Gasteiger partial charge on any atom is -0.373 e. The topological polar surface area (TPSA) is 50.5 Å². The quantitative estimate of drug-likeness (QED) is 0.773. The number of likely N-dealkylation sites (N-methyl/N-ethyl adjacent to an activating group) is 1. The highest BCUT2D eigenvalue weighted by Crippen LogP contribution is 2.37. The molecule has 0 aromatic carbocycles. The maximum Gasteiger partial charge on any atom is 0.151 e. The predicted molar refractivity (Wildman–Crippen MR) is 103 cm³/mol.